The quantitative estimate of drug-likeness (QED) is 0.556. The summed E-state index contributed by atoms with van der Waals surface area (Å²) < 4.78 is 6.79. The molecule has 0 fully saturated rings. The summed E-state index contributed by atoms with van der Waals surface area (Å²) >= 11 is 0. The van der Waals surface area contributed by atoms with E-state index in [1.165, 1.54) is 6.33 Å². The Morgan fingerprint density at radius 3 is 3.17 bits per heavy atom. The first-order chi connectivity index (χ1) is 8.83. The van der Waals surface area contributed by atoms with E-state index in [4.69, 9.17) is 4.42 Å². The second-order valence-corrected chi connectivity index (χ2v) is 3.64. The molecule has 7 heteroatoms. The van der Waals surface area contributed by atoms with E-state index in [2.05, 4.69) is 25.8 Å². The van der Waals surface area contributed by atoms with E-state index in [1.54, 1.807) is 22.9 Å². The average Bonchev–Trinajstić information content (AvgIpc) is 3.05. The van der Waals surface area contributed by atoms with Crippen molar-refractivity contribution < 1.29 is 4.42 Å². The number of nitrogens with zero attached hydrogens (tertiary/aromatic N) is 5. The van der Waals surface area contributed by atoms with Crippen LogP contribution in [0.5, 0.6) is 0 Å². The van der Waals surface area contributed by atoms with Crippen molar-refractivity contribution in [2.45, 2.75) is 6.92 Å². The maximum atomic E-state index is 5.23. The zero-order valence-electron chi connectivity index (χ0n) is 9.61. The third-order valence-corrected chi connectivity index (χ3v) is 2.38. The largest absolute Gasteiger partial charge is 0.463 e. The zero-order chi connectivity index (χ0) is 12.4. The maximum Gasteiger partial charge on any atom is 0.177 e. The molecule has 3 rings (SSSR count). The van der Waals surface area contributed by atoms with Crippen molar-refractivity contribution in [2.24, 2.45) is 5.10 Å². The van der Waals surface area contributed by atoms with Crippen LogP contribution in [0.25, 0.3) is 5.65 Å². The molecule has 0 aliphatic rings. The molecular formula is C11H10N6O. The number of furan rings is 1. The van der Waals surface area contributed by atoms with Gasteiger partial charge in [-0.05, 0) is 31.2 Å². The fourth-order valence-corrected chi connectivity index (χ4v) is 1.47. The summed E-state index contributed by atoms with van der Waals surface area (Å²) in [4.78, 5) is 0. The van der Waals surface area contributed by atoms with Gasteiger partial charge in [-0.3, -0.25) is 5.43 Å². The molecule has 1 N–H and O–H groups in total. The lowest BCUT2D eigenvalue weighted by Gasteiger charge is -2.00. The second kappa shape index (κ2) is 4.28. The zero-order valence-corrected chi connectivity index (χ0v) is 9.61. The number of fused-ring (bicyclic) bond motifs is 1. The topological polar surface area (TPSA) is 80.6 Å². The molecule has 3 aromatic heterocycles. The lowest BCUT2D eigenvalue weighted by molar-refractivity contribution is 0.557. The first kappa shape index (κ1) is 10.5. The van der Waals surface area contributed by atoms with Gasteiger partial charge in [0.2, 0.25) is 0 Å². The Morgan fingerprint density at radius 2 is 2.33 bits per heavy atom. The van der Waals surface area contributed by atoms with E-state index in [-0.39, 0.29) is 0 Å². The van der Waals surface area contributed by atoms with Crippen LogP contribution < -0.4 is 5.43 Å². The molecule has 7 nitrogen and oxygen atoms in total. The minimum atomic E-state index is 0.605. The molecule has 3 aromatic rings. The van der Waals surface area contributed by atoms with Gasteiger partial charge in [0.15, 0.2) is 11.5 Å². The van der Waals surface area contributed by atoms with E-state index >= 15 is 0 Å². The van der Waals surface area contributed by atoms with Gasteiger partial charge < -0.3 is 4.42 Å². The Hall–Kier alpha value is -2.70. The van der Waals surface area contributed by atoms with E-state index in [1.807, 2.05) is 19.1 Å². The van der Waals surface area contributed by atoms with E-state index in [9.17, 15) is 0 Å². The summed E-state index contributed by atoms with van der Waals surface area (Å²) in [5, 5.41) is 16.0. The fraction of sp³-hybridized carbons (Fsp3) is 0.0909. The summed E-state index contributed by atoms with van der Waals surface area (Å²) in [5.41, 5.74) is 4.28. The average molecular weight is 242 g/mol. The molecule has 0 unspecified atom stereocenters. The highest BCUT2D eigenvalue weighted by atomic mass is 16.3. The molecule has 0 aromatic carbocycles. The van der Waals surface area contributed by atoms with E-state index in [0.717, 1.165) is 5.71 Å². The lowest BCUT2D eigenvalue weighted by atomic mass is 10.3. The van der Waals surface area contributed by atoms with Crippen molar-refractivity contribution in [3.05, 3.63) is 42.6 Å². The lowest BCUT2D eigenvalue weighted by Crippen LogP contribution is -2.01. The van der Waals surface area contributed by atoms with Crippen LogP contribution in [0.4, 0.5) is 5.82 Å². The Bertz CT molecular complexity index is 684. The number of hydrogen-bond donors (Lipinski definition) is 1. The van der Waals surface area contributed by atoms with Gasteiger partial charge in [0.1, 0.15) is 17.8 Å². The fourth-order valence-electron chi connectivity index (χ4n) is 1.47. The molecule has 0 aliphatic carbocycles. The summed E-state index contributed by atoms with van der Waals surface area (Å²) in [7, 11) is 0. The molecule has 0 aliphatic heterocycles. The third-order valence-electron chi connectivity index (χ3n) is 2.38. The van der Waals surface area contributed by atoms with Crippen molar-refractivity contribution in [3.63, 3.8) is 0 Å². The molecule has 0 amide bonds. The van der Waals surface area contributed by atoms with Crippen molar-refractivity contribution >= 4 is 17.2 Å². The van der Waals surface area contributed by atoms with Crippen molar-refractivity contribution in [3.8, 4) is 0 Å². The van der Waals surface area contributed by atoms with Gasteiger partial charge in [-0.15, -0.1) is 15.3 Å². The summed E-state index contributed by atoms with van der Waals surface area (Å²) in [6, 6.07) is 7.25. The van der Waals surface area contributed by atoms with Gasteiger partial charge in [-0.25, -0.2) is 0 Å². The Balaban J connectivity index is 1.82. The van der Waals surface area contributed by atoms with Crippen LogP contribution in [0.3, 0.4) is 0 Å². The molecule has 18 heavy (non-hydrogen) atoms. The predicted molar refractivity (Wildman–Crippen MR) is 65.3 cm³/mol. The van der Waals surface area contributed by atoms with Crippen LogP contribution in [0, 0.1) is 0 Å². The monoisotopic (exact) mass is 242 g/mol. The maximum absolute atomic E-state index is 5.23. The van der Waals surface area contributed by atoms with Crippen LogP contribution in [-0.2, 0) is 0 Å². The minimum Gasteiger partial charge on any atom is -0.463 e. The Kier molecular flexibility index (Phi) is 2.49. The highest BCUT2D eigenvalue weighted by molar-refractivity contribution is 5.96. The SMILES string of the molecule is C/C(=N\Nc1ccc2nncn2n1)c1ccco1. The normalized spacial score (nSPS) is 11.9. The highest BCUT2D eigenvalue weighted by Gasteiger charge is 2.01. The Morgan fingerprint density at radius 1 is 1.39 bits per heavy atom. The summed E-state index contributed by atoms with van der Waals surface area (Å²) in [5.74, 6) is 1.32. The molecule has 90 valence electrons. The van der Waals surface area contributed by atoms with Gasteiger partial charge in [0, 0.05) is 0 Å². The van der Waals surface area contributed by atoms with Crippen molar-refractivity contribution in [1.82, 2.24) is 19.8 Å². The smallest absolute Gasteiger partial charge is 0.177 e. The van der Waals surface area contributed by atoms with Crippen LogP contribution in [0.1, 0.15) is 12.7 Å². The van der Waals surface area contributed by atoms with E-state index in [0.29, 0.717) is 17.2 Å². The van der Waals surface area contributed by atoms with Crippen LogP contribution >= 0.6 is 0 Å². The highest BCUT2D eigenvalue weighted by Crippen LogP contribution is 2.06. The summed E-state index contributed by atoms with van der Waals surface area (Å²) in [6.45, 7) is 1.85. The first-order valence-electron chi connectivity index (χ1n) is 5.34. The molecule has 3 heterocycles. The molecule has 0 radical (unpaired) electrons. The third kappa shape index (κ3) is 1.93. The van der Waals surface area contributed by atoms with Gasteiger partial charge in [0.25, 0.3) is 0 Å². The molecule has 0 atom stereocenters. The number of aromatic nitrogens is 4. The van der Waals surface area contributed by atoms with Gasteiger partial charge >= 0.3 is 0 Å². The molecular weight excluding hydrogens is 232 g/mol. The van der Waals surface area contributed by atoms with Gasteiger partial charge in [0.05, 0.1) is 6.26 Å². The molecule has 0 saturated heterocycles. The van der Waals surface area contributed by atoms with Crippen LogP contribution in [-0.4, -0.2) is 25.5 Å². The first-order valence-corrected chi connectivity index (χ1v) is 5.34. The van der Waals surface area contributed by atoms with Gasteiger partial charge in [-0.2, -0.15) is 9.62 Å². The number of anilines is 1. The second-order valence-electron chi connectivity index (χ2n) is 3.64. The van der Waals surface area contributed by atoms with Gasteiger partial charge in [-0.1, -0.05) is 0 Å². The predicted octanol–water partition coefficient (Wildman–Crippen LogP) is 1.55. The van der Waals surface area contributed by atoms with E-state index < -0.39 is 0 Å². The molecule has 0 spiro atoms. The molecule has 0 bridgehead atoms. The van der Waals surface area contributed by atoms with Crippen LogP contribution in [0.2, 0.25) is 0 Å². The van der Waals surface area contributed by atoms with Crippen LogP contribution in [0.15, 0.2) is 46.4 Å². The molecule has 0 saturated carbocycles. The standard InChI is InChI=1S/C11H10N6O/c1-8(9-3-2-6-18-9)13-14-10-4-5-11-15-12-7-17(11)16-10/h2-7H,1H3,(H,14,16)/b13-8+. The van der Waals surface area contributed by atoms with Crippen molar-refractivity contribution in [2.75, 3.05) is 5.43 Å². The Labute approximate surface area is 102 Å². The number of nitrogens with one attached hydrogen (secondary N) is 1. The number of hydrazone groups is 1. The number of hydrogen-bond acceptors (Lipinski definition) is 6. The van der Waals surface area contributed by atoms with Crippen molar-refractivity contribution in [1.29, 1.82) is 0 Å². The minimum absolute atomic E-state index is 0.605. The summed E-state index contributed by atoms with van der Waals surface area (Å²) in [6.07, 6.45) is 3.14. The number of rotatable bonds is 3.